The van der Waals surface area contributed by atoms with Crippen LogP contribution in [0.15, 0.2) is 24.3 Å². The number of hydrogen-bond acceptors (Lipinski definition) is 4. The van der Waals surface area contributed by atoms with Crippen molar-refractivity contribution in [3.05, 3.63) is 29.8 Å². The summed E-state index contributed by atoms with van der Waals surface area (Å²) in [6.07, 6.45) is 6.19. The average Bonchev–Trinajstić information content (AvgIpc) is 2.71. The number of primary amides is 1. The number of anilines is 1. The standard InChI is InChI=1S/C24H34N4O4S/c1-16-5-2-3-6-20(16)28-8-4-7-27(33(28,31)32)15-22(30)26-23-18-9-17-10-19(23)13-24(11-17,12-18)14-21(25)29/h2-3,5-6,17-19,23H,4,7-15H2,1H3,(H2,25,29)(H,26,30). The molecule has 1 saturated heterocycles. The molecule has 9 heteroatoms. The predicted molar refractivity (Wildman–Crippen MR) is 125 cm³/mol. The smallest absolute Gasteiger partial charge is 0.304 e. The van der Waals surface area contributed by atoms with Gasteiger partial charge in [0.25, 0.3) is 0 Å². The van der Waals surface area contributed by atoms with Gasteiger partial charge in [-0.05, 0) is 80.2 Å². The number of hydrogen-bond donors (Lipinski definition) is 2. The maximum Gasteiger partial charge on any atom is 0.304 e. The third-order valence-corrected chi connectivity index (χ3v) is 10.3. The summed E-state index contributed by atoms with van der Waals surface area (Å²) < 4.78 is 29.4. The minimum atomic E-state index is -3.76. The van der Waals surface area contributed by atoms with Gasteiger partial charge in [-0.2, -0.15) is 12.7 Å². The van der Waals surface area contributed by atoms with Gasteiger partial charge in [-0.1, -0.05) is 18.2 Å². The Kier molecular flexibility index (Phi) is 5.68. The highest BCUT2D eigenvalue weighted by atomic mass is 32.2. The Morgan fingerprint density at radius 3 is 2.48 bits per heavy atom. The molecule has 6 rings (SSSR count). The number of benzene rings is 1. The Labute approximate surface area is 196 Å². The second-order valence-electron chi connectivity index (χ2n) is 10.8. The van der Waals surface area contributed by atoms with Crippen molar-refractivity contribution in [1.82, 2.24) is 9.62 Å². The van der Waals surface area contributed by atoms with Crippen LogP contribution >= 0.6 is 0 Å². The van der Waals surface area contributed by atoms with E-state index < -0.39 is 10.2 Å². The number of rotatable bonds is 6. The normalized spacial score (nSPS) is 34.9. The first-order valence-electron chi connectivity index (χ1n) is 12.1. The molecular formula is C24H34N4O4S. The van der Waals surface area contributed by atoms with Gasteiger partial charge in [0.2, 0.25) is 11.8 Å². The topological polar surface area (TPSA) is 113 Å². The van der Waals surface area contributed by atoms with Crippen LogP contribution in [0, 0.1) is 30.1 Å². The minimum Gasteiger partial charge on any atom is -0.370 e. The molecule has 5 aliphatic rings. The van der Waals surface area contributed by atoms with Crippen LogP contribution in [-0.2, 0) is 19.8 Å². The van der Waals surface area contributed by atoms with Gasteiger partial charge in [0.1, 0.15) is 0 Å². The fraction of sp³-hybridized carbons (Fsp3) is 0.667. The fourth-order valence-electron chi connectivity index (χ4n) is 7.42. The van der Waals surface area contributed by atoms with Gasteiger partial charge in [0, 0.05) is 25.6 Å². The highest BCUT2D eigenvalue weighted by Gasteiger charge is 2.56. The van der Waals surface area contributed by atoms with Gasteiger partial charge in [-0.25, -0.2) is 0 Å². The molecule has 0 aromatic heterocycles. The van der Waals surface area contributed by atoms with Crippen molar-refractivity contribution in [2.45, 2.75) is 57.9 Å². The van der Waals surface area contributed by atoms with E-state index in [2.05, 4.69) is 5.32 Å². The molecule has 0 radical (unpaired) electrons. The second kappa shape index (κ2) is 8.27. The molecule has 5 fully saturated rings. The molecule has 2 amide bonds. The van der Waals surface area contributed by atoms with Crippen LogP contribution in [-0.4, -0.2) is 50.2 Å². The average molecular weight is 475 g/mol. The Hall–Kier alpha value is -2.13. The third-order valence-electron chi connectivity index (χ3n) is 8.35. The van der Waals surface area contributed by atoms with E-state index in [1.807, 2.05) is 31.2 Å². The number of para-hydroxylation sites is 1. The van der Waals surface area contributed by atoms with E-state index in [0.717, 1.165) is 37.7 Å². The van der Waals surface area contributed by atoms with Crippen LogP contribution < -0.4 is 15.4 Å². The third kappa shape index (κ3) is 4.14. The molecule has 0 spiro atoms. The molecule has 2 atom stereocenters. The van der Waals surface area contributed by atoms with E-state index in [-0.39, 0.29) is 29.8 Å². The number of carbonyl (C=O) groups is 2. The molecule has 1 heterocycles. The van der Waals surface area contributed by atoms with Crippen molar-refractivity contribution < 1.29 is 18.0 Å². The largest absolute Gasteiger partial charge is 0.370 e. The molecule has 4 saturated carbocycles. The van der Waals surface area contributed by atoms with E-state index in [1.54, 1.807) is 0 Å². The maximum absolute atomic E-state index is 13.3. The molecule has 1 aliphatic heterocycles. The summed E-state index contributed by atoms with van der Waals surface area (Å²) in [6.45, 7) is 2.51. The number of aryl methyl sites for hydroxylation is 1. The molecule has 180 valence electrons. The summed E-state index contributed by atoms with van der Waals surface area (Å²) in [7, 11) is -3.76. The first-order valence-corrected chi connectivity index (χ1v) is 13.5. The minimum absolute atomic E-state index is 0.00775. The monoisotopic (exact) mass is 474 g/mol. The molecule has 1 aromatic carbocycles. The van der Waals surface area contributed by atoms with Crippen molar-refractivity contribution in [2.75, 3.05) is 23.9 Å². The number of nitrogens with zero attached hydrogens (tertiary/aromatic N) is 2. The van der Waals surface area contributed by atoms with E-state index in [9.17, 15) is 18.0 Å². The Bertz CT molecular complexity index is 1040. The van der Waals surface area contributed by atoms with E-state index in [1.165, 1.54) is 8.61 Å². The highest BCUT2D eigenvalue weighted by Crippen LogP contribution is 2.61. The van der Waals surface area contributed by atoms with Crippen LogP contribution in [0.2, 0.25) is 0 Å². The lowest BCUT2D eigenvalue weighted by atomic mass is 9.47. The summed E-state index contributed by atoms with van der Waals surface area (Å²) >= 11 is 0. The molecule has 2 unspecified atom stereocenters. The molecule has 1 aromatic rings. The van der Waals surface area contributed by atoms with Gasteiger partial charge >= 0.3 is 10.2 Å². The lowest BCUT2D eigenvalue weighted by Gasteiger charge is -2.60. The first-order chi connectivity index (χ1) is 15.7. The Balaban J connectivity index is 1.26. The van der Waals surface area contributed by atoms with Crippen LogP contribution in [0.1, 0.15) is 50.5 Å². The van der Waals surface area contributed by atoms with Gasteiger partial charge in [0.15, 0.2) is 0 Å². The molecular weight excluding hydrogens is 440 g/mol. The SMILES string of the molecule is Cc1ccccc1N1CCCN(CC(=O)NC2C3CC4CC2CC(CC(N)=O)(C4)C3)S1(=O)=O. The lowest BCUT2D eigenvalue weighted by molar-refractivity contribution is -0.134. The van der Waals surface area contributed by atoms with Crippen molar-refractivity contribution in [1.29, 1.82) is 0 Å². The summed E-state index contributed by atoms with van der Waals surface area (Å²) in [5.74, 6) is 0.847. The number of carbonyl (C=O) groups excluding carboxylic acids is 2. The van der Waals surface area contributed by atoms with Crippen molar-refractivity contribution >= 4 is 27.7 Å². The van der Waals surface area contributed by atoms with Crippen LogP contribution in [0.4, 0.5) is 5.69 Å². The van der Waals surface area contributed by atoms with Gasteiger partial charge < -0.3 is 11.1 Å². The zero-order valence-electron chi connectivity index (χ0n) is 19.2. The molecule has 8 nitrogen and oxygen atoms in total. The quantitative estimate of drug-likeness (QED) is 0.656. The summed E-state index contributed by atoms with van der Waals surface area (Å²) in [5, 5.41) is 3.20. The Morgan fingerprint density at radius 1 is 1.12 bits per heavy atom. The Morgan fingerprint density at radius 2 is 1.82 bits per heavy atom. The first kappa shape index (κ1) is 22.7. The zero-order valence-corrected chi connectivity index (χ0v) is 20.0. The highest BCUT2D eigenvalue weighted by molar-refractivity contribution is 7.90. The van der Waals surface area contributed by atoms with Gasteiger partial charge in [0.05, 0.1) is 12.2 Å². The number of amides is 2. The van der Waals surface area contributed by atoms with E-state index in [4.69, 9.17) is 5.73 Å². The number of nitrogens with one attached hydrogen (secondary N) is 1. The fourth-order valence-corrected chi connectivity index (χ4v) is 9.15. The van der Waals surface area contributed by atoms with E-state index >= 15 is 0 Å². The molecule has 33 heavy (non-hydrogen) atoms. The lowest BCUT2D eigenvalue weighted by Crippen LogP contribution is -2.61. The summed E-state index contributed by atoms with van der Waals surface area (Å²) in [5.41, 5.74) is 7.12. The van der Waals surface area contributed by atoms with Gasteiger partial charge in [-0.15, -0.1) is 0 Å². The summed E-state index contributed by atoms with van der Waals surface area (Å²) in [6, 6.07) is 7.50. The van der Waals surface area contributed by atoms with Crippen LogP contribution in [0.3, 0.4) is 0 Å². The van der Waals surface area contributed by atoms with Crippen LogP contribution in [0.5, 0.6) is 0 Å². The zero-order chi connectivity index (χ0) is 23.4. The molecule has 3 N–H and O–H groups in total. The van der Waals surface area contributed by atoms with Crippen molar-refractivity contribution in [3.8, 4) is 0 Å². The molecule has 4 bridgehead atoms. The van der Waals surface area contributed by atoms with Crippen molar-refractivity contribution in [2.24, 2.45) is 28.9 Å². The van der Waals surface area contributed by atoms with E-state index in [0.29, 0.717) is 49.4 Å². The predicted octanol–water partition coefficient (Wildman–Crippen LogP) is 1.94. The van der Waals surface area contributed by atoms with Gasteiger partial charge in [-0.3, -0.25) is 13.9 Å². The molecule has 4 aliphatic carbocycles. The maximum atomic E-state index is 13.3. The summed E-state index contributed by atoms with van der Waals surface area (Å²) in [4.78, 5) is 24.7. The van der Waals surface area contributed by atoms with Crippen LogP contribution in [0.25, 0.3) is 0 Å². The second-order valence-corrected chi connectivity index (χ2v) is 12.6. The number of nitrogens with two attached hydrogens (primary N) is 1. The van der Waals surface area contributed by atoms with Crippen molar-refractivity contribution in [3.63, 3.8) is 0 Å².